The van der Waals surface area contributed by atoms with Crippen molar-refractivity contribution in [2.45, 2.75) is 23.8 Å². The molecular formula is C18H21N3O4S2. The fourth-order valence-electron chi connectivity index (χ4n) is 3.70. The van der Waals surface area contributed by atoms with Gasteiger partial charge in [-0.3, -0.25) is 4.79 Å². The second-order valence-electron chi connectivity index (χ2n) is 6.96. The number of nitrogens with zero attached hydrogens (tertiary/aromatic N) is 1. The number of benzene rings is 1. The van der Waals surface area contributed by atoms with Crippen LogP contribution in [-0.4, -0.2) is 44.9 Å². The van der Waals surface area contributed by atoms with E-state index in [0.29, 0.717) is 21.6 Å². The minimum Gasteiger partial charge on any atom is -0.447 e. The van der Waals surface area contributed by atoms with Crippen molar-refractivity contribution in [3.8, 4) is 10.8 Å². The summed E-state index contributed by atoms with van der Waals surface area (Å²) in [5, 5.41) is 8.81. The lowest BCUT2D eigenvalue weighted by Gasteiger charge is -2.44. The number of nitrogens with two attached hydrogens (primary N) is 1. The number of hydrogen-bond donors (Lipinski definition) is 2. The van der Waals surface area contributed by atoms with E-state index in [0.717, 1.165) is 32.5 Å². The highest BCUT2D eigenvalue weighted by molar-refractivity contribution is 7.89. The van der Waals surface area contributed by atoms with Crippen molar-refractivity contribution >= 4 is 27.3 Å². The fourth-order valence-corrected chi connectivity index (χ4v) is 5.02. The molecule has 27 heavy (non-hydrogen) atoms. The highest BCUT2D eigenvalue weighted by atomic mass is 32.2. The Hall–Kier alpha value is -1.94. The molecule has 0 radical (unpaired) electrons. The van der Waals surface area contributed by atoms with E-state index >= 15 is 0 Å². The summed E-state index contributed by atoms with van der Waals surface area (Å²) in [6, 6.07) is 9.61. The maximum atomic E-state index is 12.6. The third-order valence-electron chi connectivity index (χ3n) is 5.13. The Bertz CT molecular complexity index is 949. The molecule has 2 aromatic rings. The predicted molar refractivity (Wildman–Crippen MR) is 103 cm³/mol. The third-order valence-corrected chi connectivity index (χ3v) is 7.00. The average molecular weight is 408 g/mol. The lowest BCUT2D eigenvalue weighted by atomic mass is 9.84. The van der Waals surface area contributed by atoms with Crippen LogP contribution >= 0.6 is 11.3 Å². The third kappa shape index (κ3) is 4.16. The van der Waals surface area contributed by atoms with Crippen LogP contribution in [0, 0.1) is 5.92 Å². The summed E-state index contributed by atoms with van der Waals surface area (Å²) in [4.78, 5) is 15.5. The fraction of sp³-hybridized carbons (Fsp3) is 0.389. The van der Waals surface area contributed by atoms with Crippen molar-refractivity contribution in [3.05, 3.63) is 41.3 Å². The van der Waals surface area contributed by atoms with Crippen LogP contribution in [0.15, 0.2) is 41.3 Å². The zero-order valence-electron chi connectivity index (χ0n) is 14.6. The van der Waals surface area contributed by atoms with E-state index in [1.54, 1.807) is 24.3 Å². The van der Waals surface area contributed by atoms with Gasteiger partial charge in [-0.2, -0.15) is 0 Å². The van der Waals surface area contributed by atoms with Gasteiger partial charge in [0.1, 0.15) is 5.75 Å². The summed E-state index contributed by atoms with van der Waals surface area (Å²) in [6.07, 6.45) is 2.29. The van der Waals surface area contributed by atoms with Gasteiger partial charge in [0.2, 0.25) is 10.0 Å². The molecule has 3 fully saturated rings. The number of nitrogens with one attached hydrogen (secondary N) is 1. The van der Waals surface area contributed by atoms with Crippen molar-refractivity contribution in [2.24, 2.45) is 11.1 Å². The number of carbonyl (C=O) groups is 1. The molecule has 7 nitrogen and oxygen atoms in total. The smallest absolute Gasteiger partial charge is 0.261 e. The standard InChI is InChI=1S/C18H21N3O4S2/c19-27(23,24)14-3-1-2-13(10-14)25-17-5-4-16(26-17)18(22)20-15-11-21-8-6-12(15)7-9-21/h1-5,10,12,15H,6-9,11H2,(H,20,22)(H2,19,23,24)/t15-/m0/s1. The van der Waals surface area contributed by atoms with Crippen molar-refractivity contribution in [3.63, 3.8) is 0 Å². The molecular weight excluding hydrogens is 386 g/mol. The Kier molecular flexibility index (Phi) is 4.94. The molecule has 9 heteroatoms. The summed E-state index contributed by atoms with van der Waals surface area (Å²) >= 11 is 1.23. The Morgan fingerprint density at radius 1 is 1.22 bits per heavy atom. The van der Waals surface area contributed by atoms with Crippen molar-refractivity contribution in [1.29, 1.82) is 0 Å². The van der Waals surface area contributed by atoms with Crippen molar-refractivity contribution < 1.29 is 17.9 Å². The van der Waals surface area contributed by atoms with Gasteiger partial charge in [-0.15, -0.1) is 0 Å². The summed E-state index contributed by atoms with van der Waals surface area (Å²) in [6.45, 7) is 3.18. The number of fused-ring (bicyclic) bond motifs is 3. The van der Waals surface area contributed by atoms with Gasteiger partial charge in [0, 0.05) is 18.7 Å². The first-order valence-electron chi connectivity index (χ1n) is 8.82. The van der Waals surface area contributed by atoms with Crippen LogP contribution in [0.3, 0.4) is 0 Å². The number of ether oxygens (including phenoxy) is 1. The zero-order chi connectivity index (χ0) is 19.0. The SMILES string of the molecule is NS(=O)(=O)c1cccc(Oc2ccc(C(=O)N[C@H]3CN4CCC3CC4)s2)c1. The summed E-state index contributed by atoms with van der Waals surface area (Å²) in [5.41, 5.74) is 0. The van der Waals surface area contributed by atoms with Gasteiger partial charge >= 0.3 is 0 Å². The molecule has 0 spiro atoms. The Labute approximate surface area is 162 Å². The zero-order valence-corrected chi connectivity index (χ0v) is 16.3. The van der Waals surface area contributed by atoms with E-state index < -0.39 is 10.0 Å². The molecule has 1 atom stereocenters. The number of rotatable bonds is 5. The molecule has 4 heterocycles. The first-order valence-corrected chi connectivity index (χ1v) is 11.2. The number of carbonyl (C=O) groups excluding carboxylic acids is 1. The molecule has 1 aromatic carbocycles. The van der Waals surface area contributed by atoms with Gasteiger partial charge in [-0.1, -0.05) is 17.4 Å². The summed E-state index contributed by atoms with van der Waals surface area (Å²) in [7, 11) is -3.79. The first-order chi connectivity index (χ1) is 12.9. The minimum absolute atomic E-state index is 0.0168. The molecule has 3 aliphatic rings. The first kappa shape index (κ1) is 18.4. The van der Waals surface area contributed by atoms with Crippen LogP contribution < -0.4 is 15.2 Å². The number of primary sulfonamides is 1. The lowest BCUT2D eigenvalue weighted by Crippen LogP contribution is -2.57. The van der Waals surface area contributed by atoms with Crippen LogP contribution in [0.5, 0.6) is 10.8 Å². The second kappa shape index (κ2) is 7.23. The van der Waals surface area contributed by atoms with E-state index in [9.17, 15) is 13.2 Å². The molecule has 0 saturated carbocycles. The van der Waals surface area contributed by atoms with Crippen LogP contribution in [0.2, 0.25) is 0 Å². The van der Waals surface area contributed by atoms with Crippen LogP contribution in [0.1, 0.15) is 22.5 Å². The van der Waals surface area contributed by atoms with Crippen molar-refractivity contribution in [2.75, 3.05) is 19.6 Å². The van der Waals surface area contributed by atoms with Gasteiger partial charge in [0.25, 0.3) is 5.91 Å². The topological polar surface area (TPSA) is 102 Å². The predicted octanol–water partition coefficient (Wildman–Crippen LogP) is 2.01. The van der Waals surface area contributed by atoms with Crippen LogP contribution in [-0.2, 0) is 10.0 Å². The largest absolute Gasteiger partial charge is 0.447 e. The Morgan fingerprint density at radius 2 is 2.00 bits per heavy atom. The van der Waals surface area contributed by atoms with E-state index in [1.807, 2.05) is 0 Å². The number of piperidine rings is 3. The molecule has 3 aliphatic heterocycles. The molecule has 0 aliphatic carbocycles. The normalized spacial score (nSPS) is 24.6. The number of hydrogen-bond acceptors (Lipinski definition) is 6. The molecule has 1 aromatic heterocycles. The minimum atomic E-state index is -3.79. The highest BCUT2D eigenvalue weighted by Gasteiger charge is 2.35. The van der Waals surface area contributed by atoms with Gasteiger partial charge in [-0.05, 0) is 56.1 Å². The van der Waals surface area contributed by atoms with Gasteiger partial charge in [0.05, 0.1) is 9.77 Å². The van der Waals surface area contributed by atoms with E-state index in [1.165, 1.54) is 23.5 Å². The second-order valence-corrected chi connectivity index (χ2v) is 9.57. The quantitative estimate of drug-likeness (QED) is 0.789. The van der Waals surface area contributed by atoms with E-state index in [2.05, 4.69) is 10.2 Å². The van der Waals surface area contributed by atoms with Crippen molar-refractivity contribution in [1.82, 2.24) is 10.2 Å². The molecule has 3 saturated heterocycles. The molecule has 3 N–H and O–H groups in total. The number of thiophene rings is 1. The lowest BCUT2D eigenvalue weighted by molar-refractivity contribution is 0.0622. The molecule has 0 unspecified atom stereocenters. The Morgan fingerprint density at radius 3 is 2.67 bits per heavy atom. The van der Waals surface area contributed by atoms with Gasteiger partial charge in [0.15, 0.2) is 5.06 Å². The maximum Gasteiger partial charge on any atom is 0.261 e. The number of sulfonamides is 1. The number of amides is 1. The van der Waals surface area contributed by atoms with Gasteiger partial charge in [-0.25, -0.2) is 13.6 Å². The maximum absolute atomic E-state index is 12.6. The Balaban J connectivity index is 1.42. The monoisotopic (exact) mass is 407 g/mol. The summed E-state index contributed by atoms with van der Waals surface area (Å²) < 4.78 is 28.6. The van der Waals surface area contributed by atoms with Gasteiger partial charge < -0.3 is 15.0 Å². The van der Waals surface area contributed by atoms with Crippen LogP contribution in [0.25, 0.3) is 0 Å². The van der Waals surface area contributed by atoms with E-state index in [4.69, 9.17) is 9.88 Å². The molecule has 144 valence electrons. The van der Waals surface area contributed by atoms with Crippen LogP contribution in [0.4, 0.5) is 0 Å². The summed E-state index contributed by atoms with van der Waals surface area (Å²) in [5.74, 6) is 0.829. The molecule has 1 amide bonds. The van der Waals surface area contributed by atoms with E-state index in [-0.39, 0.29) is 16.8 Å². The molecule has 5 rings (SSSR count). The highest BCUT2D eigenvalue weighted by Crippen LogP contribution is 2.31. The molecule has 2 bridgehead atoms. The average Bonchev–Trinajstić information content (AvgIpc) is 3.11.